The molecule has 124 valence electrons. The molecule has 0 atom stereocenters. The minimum Gasteiger partial charge on any atom is -0.408 e. The van der Waals surface area contributed by atoms with Crippen LogP contribution in [0.1, 0.15) is 11.1 Å². The number of halogens is 1. The normalized spacial score (nSPS) is 10.9. The van der Waals surface area contributed by atoms with Crippen molar-refractivity contribution in [1.82, 2.24) is 9.88 Å². The van der Waals surface area contributed by atoms with Crippen molar-refractivity contribution in [3.8, 4) is 0 Å². The lowest BCUT2D eigenvalue weighted by atomic mass is 10.1. The zero-order valence-electron chi connectivity index (χ0n) is 13.2. The number of rotatable bonds is 5. The second kappa shape index (κ2) is 6.93. The van der Waals surface area contributed by atoms with E-state index in [1.807, 2.05) is 24.3 Å². The van der Waals surface area contributed by atoms with Gasteiger partial charge in [0.05, 0.1) is 11.9 Å². The summed E-state index contributed by atoms with van der Waals surface area (Å²) in [7, 11) is 1.64. The number of hydrogen-bond donors (Lipinski definition) is 1. The maximum absolute atomic E-state index is 12.1. The molecule has 3 aromatic rings. The summed E-state index contributed by atoms with van der Waals surface area (Å²) in [4.78, 5) is 23.5. The van der Waals surface area contributed by atoms with Crippen molar-refractivity contribution < 1.29 is 9.21 Å². The van der Waals surface area contributed by atoms with Gasteiger partial charge in [0.15, 0.2) is 5.58 Å². The summed E-state index contributed by atoms with van der Waals surface area (Å²) >= 11 is 5.94. The Bertz CT molecular complexity index is 943. The Morgan fingerprint density at radius 2 is 2.04 bits per heavy atom. The first-order chi connectivity index (χ1) is 11.5. The molecule has 0 radical (unpaired) electrons. The second-order valence-electron chi connectivity index (χ2n) is 5.64. The van der Waals surface area contributed by atoms with Crippen molar-refractivity contribution in [2.45, 2.75) is 12.8 Å². The van der Waals surface area contributed by atoms with Crippen molar-refractivity contribution in [3.05, 3.63) is 69.2 Å². The number of amides is 1. The molecule has 6 heteroatoms. The van der Waals surface area contributed by atoms with Crippen molar-refractivity contribution in [1.29, 1.82) is 0 Å². The predicted octanol–water partition coefficient (Wildman–Crippen LogP) is 2.69. The number of fused-ring (bicyclic) bond motifs is 1. The maximum atomic E-state index is 12.1. The molecule has 5 nitrogen and oxygen atoms in total. The fourth-order valence-corrected chi connectivity index (χ4v) is 2.78. The first kappa shape index (κ1) is 16.3. The van der Waals surface area contributed by atoms with Crippen LogP contribution in [-0.4, -0.2) is 17.0 Å². The van der Waals surface area contributed by atoms with Gasteiger partial charge in [-0.2, -0.15) is 0 Å². The lowest BCUT2D eigenvalue weighted by molar-refractivity contribution is -0.120. The Balaban J connectivity index is 1.58. The van der Waals surface area contributed by atoms with E-state index in [0.717, 1.165) is 17.5 Å². The topological polar surface area (TPSA) is 64.2 Å². The van der Waals surface area contributed by atoms with Gasteiger partial charge in [-0.05, 0) is 41.8 Å². The fourth-order valence-electron chi connectivity index (χ4n) is 2.57. The Kier molecular flexibility index (Phi) is 4.71. The quantitative estimate of drug-likeness (QED) is 0.774. The molecule has 0 unspecified atom stereocenters. The molecule has 0 saturated carbocycles. The summed E-state index contributed by atoms with van der Waals surface area (Å²) in [6.45, 7) is 0.547. The molecule has 0 aliphatic heterocycles. The molecule has 0 aliphatic rings. The molecule has 0 spiro atoms. The second-order valence-corrected chi connectivity index (χ2v) is 6.07. The van der Waals surface area contributed by atoms with Gasteiger partial charge in [-0.15, -0.1) is 0 Å². The van der Waals surface area contributed by atoms with E-state index in [9.17, 15) is 9.59 Å². The Hall–Kier alpha value is -2.53. The first-order valence-corrected chi connectivity index (χ1v) is 8.00. The minimum atomic E-state index is -0.409. The lowest BCUT2D eigenvalue weighted by Gasteiger charge is -2.06. The Morgan fingerprint density at radius 3 is 2.83 bits per heavy atom. The highest BCUT2D eigenvalue weighted by Crippen LogP contribution is 2.15. The molecule has 0 saturated heterocycles. The van der Waals surface area contributed by atoms with E-state index in [0.29, 0.717) is 22.7 Å². The van der Waals surface area contributed by atoms with Gasteiger partial charge in [-0.3, -0.25) is 9.36 Å². The van der Waals surface area contributed by atoms with Gasteiger partial charge in [-0.1, -0.05) is 29.8 Å². The van der Waals surface area contributed by atoms with Crippen molar-refractivity contribution >= 4 is 28.6 Å². The highest BCUT2D eigenvalue weighted by molar-refractivity contribution is 6.30. The van der Waals surface area contributed by atoms with Crippen molar-refractivity contribution in [2.75, 3.05) is 6.54 Å². The highest BCUT2D eigenvalue weighted by atomic mass is 35.5. The third-order valence-electron chi connectivity index (χ3n) is 3.85. The van der Waals surface area contributed by atoms with Gasteiger partial charge in [0, 0.05) is 18.6 Å². The van der Waals surface area contributed by atoms with Crippen LogP contribution >= 0.6 is 11.6 Å². The fraction of sp³-hybridized carbons (Fsp3) is 0.222. The number of carbonyl (C=O) groups is 1. The average molecular weight is 345 g/mol. The molecule has 1 heterocycles. The monoisotopic (exact) mass is 344 g/mol. The van der Waals surface area contributed by atoms with Crippen LogP contribution in [0, 0.1) is 0 Å². The predicted molar refractivity (Wildman–Crippen MR) is 93.3 cm³/mol. The number of aromatic nitrogens is 1. The standard InChI is InChI=1S/C18H17ClN2O3/c1-21-15-10-13(5-6-16(15)24-18(21)23)11-17(22)20-8-7-12-3-2-4-14(19)9-12/h2-6,9-10H,7-8,11H2,1H3,(H,20,22). The van der Waals surface area contributed by atoms with E-state index in [1.54, 1.807) is 25.2 Å². The number of oxazole rings is 1. The van der Waals surface area contributed by atoms with E-state index in [2.05, 4.69) is 5.32 Å². The summed E-state index contributed by atoms with van der Waals surface area (Å²) in [6.07, 6.45) is 0.979. The first-order valence-electron chi connectivity index (χ1n) is 7.62. The number of carbonyl (C=O) groups excluding carboxylic acids is 1. The highest BCUT2D eigenvalue weighted by Gasteiger charge is 2.09. The summed E-state index contributed by atoms with van der Waals surface area (Å²) < 4.78 is 6.50. The van der Waals surface area contributed by atoms with Crippen LogP contribution < -0.4 is 11.1 Å². The summed E-state index contributed by atoms with van der Waals surface area (Å²) in [5, 5.41) is 3.59. The van der Waals surface area contributed by atoms with Crippen LogP contribution in [0.5, 0.6) is 0 Å². The van der Waals surface area contributed by atoms with Gasteiger partial charge in [0.25, 0.3) is 0 Å². The zero-order chi connectivity index (χ0) is 17.1. The maximum Gasteiger partial charge on any atom is 0.419 e. The average Bonchev–Trinajstić information content (AvgIpc) is 2.82. The number of aryl methyl sites for hydroxylation is 1. The third-order valence-corrected chi connectivity index (χ3v) is 4.08. The van der Waals surface area contributed by atoms with Crippen LogP contribution in [0.25, 0.3) is 11.1 Å². The number of nitrogens with one attached hydrogen (secondary N) is 1. The molecule has 24 heavy (non-hydrogen) atoms. The van der Waals surface area contributed by atoms with Gasteiger partial charge in [0.2, 0.25) is 5.91 Å². The third kappa shape index (κ3) is 3.68. The van der Waals surface area contributed by atoms with E-state index in [-0.39, 0.29) is 12.3 Å². The van der Waals surface area contributed by atoms with Gasteiger partial charge in [-0.25, -0.2) is 4.79 Å². The molecular weight excluding hydrogens is 328 g/mol. The van der Waals surface area contributed by atoms with Gasteiger partial charge in [0.1, 0.15) is 0 Å². The number of hydrogen-bond acceptors (Lipinski definition) is 3. The van der Waals surface area contributed by atoms with E-state index >= 15 is 0 Å². The van der Waals surface area contributed by atoms with Crippen LogP contribution in [0.15, 0.2) is 51.7 Å². The Morgan fingerprint density at radius 1 is 1.21 bits per heavy atom. The Labute approximate surface area is 143 Å². The van der Waals surface area contributed by atoms with Crippen LogP contribution in [0.2, 0.25) is 5.02 Å². The van der Waals surface area contributed by atoms with E-state index < -0.39 is 5.76 Å². The molecule has 0 bridgehead atoms. The molecule has 3 rings (SSSR count). The zero-order valence-corrected chi connectivity index (χ0v) is 14.0. The smallest absolute Gasteiger partial charge is 0.408 e. The lowest BCUT2D eigenvalue weighted by Crippen LogP contribution is -2.27. The molecule has 0 fully saturated rings. The SMILES string of the molecule is Cn1c(=O)oc2ccc(CC(=O)NCCc3cccc(Cl)c3)cc21. The molecular formula is C18H17ClN2O3. The van der Waals surface area contributed by atoms with Gasteiger partial charge >= 0.3 is 5.76 Å². The van der Waals surface area contributed by atoms with Crippen molar-refractivity contribution in [2.24, 2.45) is 7.05 Å². The number of nitrogens with zero attached hydrogens (tertiary/aromatic N) is 1. The van der Waals surface area contributed by atoms with Crippen LogP contribution in [-0.2, 0) is 24.7 Å². The molecule has 2 aromatic carbocycles. The van der Waals surface area contributed by atoms with Gasteiger partial charge < -0.3 is 9.73 Å². The summed E-state index contributed by atoms with van der Waals surface area (Å²) in [6, 6.07) is 12.9. The van der Waals surface area contributed by atoms with E-state index in [4.69, 9.17) is 16.0 Å². The molecule has 1 amide bonds. The molecule has 1 aromatic heterocycles. The molecule has 1 N–H and O–H groups in total. The summed E-state index contributed by atoms with van der Waals surface area (Å²) in [5.41, 5.74) is 3.12. The van der Waals surface area contributed by atoms with Crippen LogP contribution in [0.3, 0.4) is 0 Å². The minimum absolute atomic E-state index is 0.0649. The molecule has 0 aliphatic carbocycles. The summed E-state index contributed by atoms with van der Waals surface area (Å²) in [5.74, 6) is -0.474. The largest absolute Gasteiger partial charge is 0.419 e. The van der Waals surface area contributed by atoms with E-state index in [1.165, 1.54) is 4.57 Å². The van der Waals surface area contributed by atoms with Crippen LogP contribution in [0.4, 0.5) is 0 Å². The number of benzene rings is 2. The van der Waals surface area contributed by atoms with Crippen molar-refractivity contribution in [3.63, 3.8) is 0 Å².